The highest BCUT2D eigenvalue weighted by Gasteiger charge is 2.27. The molecule has 0 bridgehead atoms. The Morgan fingerprint density at radius 2 is 1.97 bits per heavy atom. The molecule has 1 saturated carbocycles. The fraction of sp³-hybridized carbons (Fsp3) is 0.389. The van der Waals surface area contributed by atoms with Crippen molar-refractivity contribution in [2.45, 2.75) is 31.8 Å². The van der Waals surface area contributed by atoms with Gasteiger partial charge in [0, 0.05) is 22.6 Å². The minimum absolute atomic E-state index is 0.00891. The van der Waals surface area contributed by atoms with E-state index in [4.69, 9.17) is 15.2 Å². The maximum Gasteiger partial charge on any atom is 0.312 e. The number of anilines is 1. The van der Waals surface area contributed by atoms with Gasteiger partial charge in [0.25, 0.3) is 0 Å². The number of nitrogens with one attached hydrogen (secondary N) is 1. The highest BCUT2D eigenvalue weighted by Crippen LogP contribution is 2.36. The van der Waals surface area contributed by atoms with Crippen molar-refractivity contribution in [2.24, 2.45) is 0 Å². The fourth-order valence-electron chi connectivity index (χ4n) is 3.40. The van der Waals surface area contributed by atoms with Gasteiger partial charge in [0.1, 0.15) is 5.82 Å². The Balaban J connectivity index is 1.52. The number of benzene rings is 1. The molecule has 13 heteroatoms. The molecule has 2 aliphatic rings. The molecule has 164 valence electrons. The standard InChI is InChI=1S/C18H18FIN6O4S/c19-18-23-16(21)15-17(24-18)26(3-4-31(27,28)25-10-1-2-10)14(22-15)6-9-5-12-13(7-11(9)20)30-8-29-12/h5,7,10,25H,1-4,6,8H2,(H2,21,23,24). The van der Waals surface area contributed by atoms with Crippen molar-refractivity contribution >= 4 is 49.6 Å². The molecule has 0 saturated heterocycles. The van der Waals surface area contributed by atoms with E-state index in [-0.39, 0.29) is 42.1 Å². The minimum Gasteiger partial charge on any atom is -0.454 e. The molecule has 3 N–H and O–H groups in total. The van der Waals surface area contributed by atoms with Crippen LogP contribution in [-0.2, 0) is 23.0 Å². The van der Waals surface area contributed by atoms with Gasteiger partial charge in [-0.1, -0.05) is 0 Å². The molecule has 0 spiro atoms. The summed E-state index contributed by atoms with van der Waals surface area (Å²) in [7, 11) is -3.49. The van der Waals surface area contributed by atoms with Crippen molar-refractivity contribution in [3.8, 4) is 11.5 Å². The quantitative estimate of drug-likeness (QED) is 0.329. The lowest BCUT2D eigenvalue weighted by molar-refractivity contribution is 0.174. The summed E-state index contributed by atoms with van der Waals surface area (Å²) < 4.78 is 54.7. The zero-order chi connectivity index (χ0) is 21.8. The second-order valence-corrected chi connectivity index (χ2v) is 10.5. The van der Waals surface area contributed by atoms with E-state index in [1.807, 2.05) is 12.1 Å². The van der Waals surface area contributed by atoms with E-state index in [9.17, 15) is 12.8 Å². The Hall–Kier alpha value is -2.26. The predicted octanol–water partition coefficient (Wildman–Crippen LogP) is 1.55. The summed E-state index contributed by atoms with van der Waals surface area (Å²) in [5.74, 6) is 1.50. The zero-order valence-electron chi connectivity index (χ0n) is 16.1. The Labute approximate surface area is 190 Å². The molecule has 0 atom stereocenters. The lowest BCUT2D eigenvalue weighted by atomic mass is 10.1. The van der Waals surface area contributed by atoms with Crippen LogP contribution in [0.4, 0.5) is 10.2 Å². The van der Waals surface area contributed by atoms with E-state index in [1.165, 1.54) is 0 Å². The molecule has 3 heterocycles. The number of fused-ring (bicyclic) bond motifs is 2. The van der Waals surface area contributed by atoms with Crippen molar-refractivity contribution in [3.05, 3.63) is 33.2 Å². The van der Waals surface area contributed by atoms with Crippen LogP contribution in [-0.4, -0.2) is 46.5 Å². The molecule has 0 unspecified atom stereocenters. The van der Waals surface area contributed by atoms with Gasteiger partial charge in [-0.2, -0.15) is 14.4 Å². The Morgan fingerprint density at radius 3 is 2.71 bits per heavy atom. The van der Waals surface area contributed by atoms with E-state index in [0.29, 0.717) is 23.7 Å². The Kier molecular flexibility index (Phi) is 5.13. The number of aryl methyl sites for hydroxylation is 1. The lowest BCUT2D eigenvalue weighted by Gasteiger charge is -2.11. The fourth-order valence-corrected chi connectivity index (χ4v) is 5.31. The largest absolute Gasteiger partial charge is 0.454 e. The molecule has 0 amide bonds. The third kappa shape index (κ3) is 4.25. The number of nitrogens with two attached hydrogens (primary N) is 1. The Morgan fingerprint density at radius 1 is 1.23 bits per heavy atom. The first kappa shape index (κ1) is 20.6. The average molecular weight is 560 g/mol. The number of imidazole rings is 1. The monoisotopic (exact) mass is 560 g/mol. The summed E-state index contributed by atoms with van der Waals surface area (Å²) in [6, 6.07) is 3.73. The van der Waals surface area contributed by atoms with Crippen molar-refractivity contribution in [2.75, 3.05) is 18.3 Å². The smallest absolute Gasteiger partial charge is 0.312 e. The minimum atomic E-state index is -3.49. The highest BCUT2D eigenvalue weighted by molar-refractivity contribution is 14.1. The molecule has 1 fully saturated rings. The highest BCUT2D eigenvalue weighted by atomic mass is 127. The molecule has 0 radical (unpaired) electrons. The molecule has 3 aromatic rings. The van der Waals surface area contributed by atoms with Crippen LogP contribution in [0.3, 0.4) is 0 Å². The van der Waals surface area contributed by atoms with Crippen LogP contribution < -0.4 is 19.9 Å². The van der Waals surface area contributed by atoms with Crippen molar-refractivity contribution in [1.29, 1.82) is 0 Å². The van der Waals surface area contributed by atoms with Crippen molar-refractivity contribution in [3.63, 3.8) is 0 Å². The van der Waals surface area contributed by atoms with Crippen molar-refractivity contribution in [1.82, 2.24) is 24.2 Å². The van der Waals surface area contributed by atoms with Crippen LogP contribution in [0.25, 0.3) is 11.2 Å². The molecule has 5 rings (SSSR count). The first-order valence-electron chi connectivity index (χ1n) is 9.55. The van der Waals surface area contributed by atoms with Gasteiger partial charge < -0.3 is 19.8 Å². The summed E-state index contributed by atoms with van der Waals surface area (Å²) in [4.78, 5) is 11.9. The molecule has 1 aromatic carbocycles. The summed E-state index contributed by atoms with van der Waals surface area (Å²) in [5, 5.41) is 0. The number of nitrogen functional groups attached to an aromatic ring is 1. The first-order chi connectivity index (χ1) is 14.8. The van der Waals surface area contributed by atoms with Crippen LogP contribution >= 0.6 is 22.6 Å². The van der Waals surface area contributed by atoms with E-state index in [2.05, 4.69) is 42.3 Å². The maximum absolute atomic E-state index is 13.9. The van der Waals surface area contributed by atoms with Gasteiger partial charge in [-0.05, 0) is 53.1 Å². The van der Waals surface area contributed by atoms with Crippen LogP contribution in [0.15, 0.2) is 12.1 Å². The van der Waals surface area contributed by atoms with Gasteiger partial charge in [-0.3, -0.25) is 0 Å². The summed E-state index contributed by atoms with van der Waals surface area (Å²) in [6.07, 6.45) is 1.03. The van der Waals surface area contributed by atoms with Crippen LogP contribution in [0, 0.1) is 9.65 Å². The van der Waals surface area contributed by atoms with Gasteiger partial charge in [-0.15, -0.1) is 0 Å². The third-order valence-electron chi connectivity index (χ3n) is 5.07. The van der Waals surface area contributed by atoms with Gasteiger partial charge in [0.05, 0.1) is 5.75 Å². The second-order valence-electron chi connectivity index (χ2n) is 7.41. The van der Waals surface area contributed by atoms with Crippen LogP contribution in [0.5, 0.6) is 11.5 Å². The summed E-state index contributed by atoms with van der Waals surface area (Å²) in [6.45, 7) is 0.204. The normalized spacial score (nSPS) is 15.7. The van der Waals surface area contributed by atoms with E-state index >= 15 is 0 Å². The maximum atomic E-state index is 13.9. The molecule has 10 nitrogen and oxygen atoms in total. The van der Waals surface area contributed by atoms with E-state index in [1.54, 1.807) is 4.57 Å². The zero-order valence-corrected chi connectivity index (χ0v) is 19.1. The second kappa shape index (κ2) is 7.70. The lowest BCUT2D eigenvalue weighted by Crippen LogP contribution is -2.30. The topological polar surface area (TPSA) is 134 Å². The predicted molar refractivity (Wildman–Crippen MR) is 118 cm³/mol. The number of nitrogens with zero attached hydrogens (tertiary/aromatic N) is 4. The Bertz CT molecular complexity index is 1290. The molecular weight excluding hydrogens is 542 g/mol. The van der Waals surface area contributed by atoms with Gasteiger partial charge in [-0.25, -0.2) is 18.1 Å². The molecule has 31 heavy (non-hydrogen) atoms. The average Bonchev–Trinajstić information content (AvgIpc) is 3.25. The van der Waals surface area contributed by atoms with Gasteiger partial charge in [0.2, 0.25) is 16.8 Å². The number of hydrogen-bond donors (Lipinski definition) is 2. The number of aromatic nitrogens is 4. The summed E-state index contributed by atoms with van der Waals surface area (Å²) in [5.41, 5.74) is 7.15. The first-order valence-corrected chi connectivity index (χ1v) is 12.3. The van der Waals surface area contributed by atoms with Crippen LogP contribution in [0.2, 0.25) is 0 Å². The summed E-state index contributed by atoms with van der Waals surface area (Å²) >= 11 is 2.19. The number of halogens is 2. The molecule has 1 aliphatic heterocycles. The van der Waals surface area contributed by atoms with Crippen molar-refractivity contribution < 1.29 is 22.3 Å². The molecule has 2 aromatic heterocycles. The number of ether oxygens (including phenoxy) is 2. The number of sulfonamides is 1. The van der Waals surface area contributed by atoms with Gasteiger partial charge in [0.15, 0.2) is 28.5 Å². The van der Waals surface area contributed by atoms with Crippen LogP contribution in [0.1, 0.15) is 24.2 Å². The van der Waals surface area contributed by atoms with E-state index in [0.717, 1.165) is 22.0 Å². The number of hydrogen-bond acceptors (Lipinski definition) is 8. The number of rotatable bonds is 7. The van der Waals surface area contributed by atoms with E-state index < -0.39 is 16.1 Å². The van der Waals surface area contributed by atoms with Gasteiger partial charge >= 0.3 is 6.08 Å². The SMILES string of the molecule is Nc1nc(F)nc2c1nc(Cc1cc3c(cc1I)OCO3)n2CCS(=O)(=O)NC1CC1. The third-order valence-corrected chi connectivity index (χ3v) is 7.49. The molecular formula is C18H18FIN6O4S. The molecule has 1 aliphatic carbocycles.